The maximum atomic E-state index is 2.44. The SMILES string of the molecule is c1ccc(-c2cccc(N(c3cc(-c4ccccc4)cc(-c4ccccc4)c3)c3cccc(C4(c5ccccc5)c5ccccc5-c5ccccc54)c3)c2)cc1. The van der Waals surface area contributed by atoms with E-state index in [1.807, 2.05) is 0 Å². The minimum atomic E-state index is -0.511. The van der Waals surface area contributed by atoms with Crippen LogP contribution < -0.4 is 4.90 Å². The van der Waals surface area contributed by atoms with E-state index >= 15 is 0 Å². The molecule has 0 radical (unpaired) electrons. The fourth-order valence-corrected chi connectivity index (χ4v) is 8.83. The molecule has 264 valence electrons. The molecule has 0 bridgehead atoms. The quantitative estimate of drug-likeness (QED) is 0.152. The van der Waals surface area contributed by atoms with Gasteiger partial charge in [-0.2, -0.15) is 0 Å². The van der Waals surface area contributed by atoms with Crippen LogP contribution in [0.25, 0.3) is 44.5 Å². The van der Waals surface area contributed by atoms with Crippen LogP contribution in [0.3, 0.4) is 0 Å². The van der Waals surface area contributed by atoms with Gasteiger partial charge in [-0.1, -0.05) is 194 Å². The second kappa shape index (κ2) is 14.2. The van der Waals surface area contributed by atoms with Gasteiger partial charge in [0.2, 0.25) is 0 Å². The summed E-state index contributed by atoms with van der Waals surface area (Å²) in [7, 11) is 0. The van der Waals surface area contributed by atoms with Crippen molar-refractivity contribution in [2.24, 2.45) is 0 Å². The molecule has 1 nitrogen and oxygen atoms in total. The molecule has 0 N–H and O–H groups in total. The second-order valence-corrected chi connectivity index (χ2v) is 14.5. The van der Waals surface area contributed by atoms with Crippen molar-refractivity contribution in [3.05, 3.63) is 259 Å². The van der Waals surface area contributed by atoms with Crippen LogP contribution in [0.1, 0.15) is 22.3 Å². The van der Waals surface area contributed by atoms with Gasteiger partial charge in [0, 0.05) is 17.1 Å². The number of hydrogen-bond acceptors (Lipinski definition) is 1. The number of nitrogens with zero attached hydrogens (tertiary/aromatic N) is 1. The predicted octanol–water partition coefficient (Wildman–Crippen LogP) is 14.5. The number of rotatable bonds is 8. The van der Waals surface area contributed by atoms with Gasteiger partial charge >= 0.3 is 0 Å². The minimum Gasteiger partial charge on any atom is -0.310 e. The molecule has 10 rings (SSSR count). The van der Waals surface area contributed by atoms with Gasteiger partial charge in [0.1, 0.15) is 0 Å². The summed E-state index contributed by atoms with van der Waals surface area (Å²) in [4.78, 5) is 2.44. The molecule has 9 aromatic rings. The zero-order chi connectivity index (χ0) is 37.3. The molecular formula is C55H39N. The summed E-state index contributed by atoms with van der Waals surface area (Å²) >= 11 is 0. The van der Waals surface area contributed by atoms with Crippen molar-refractivity contribution < 1.29 is 0 Å². The molecule has 1 aliphatic carbocycles. The largest absolute Gasteiger partial charge is 0.310 e. The summed E-state index contributed by atoms with van der Waals surface area (Å²) < 4.78 is 0. The predicted molar refractivity (Wildman–Crippen MR) is 235 cm³/mol. The maximum Gasteiger partial charge on any atom is 0.0714 e. The van der Waals surface area contributed by atoms with Crippen LogP contribution in [0.5, 0.6) is 0 Å². The molecule has 0 saturated carbocycles. The Bertz CT molecular complexity index is 2690. The molecule has 56 heavy (non-hydrogen) atoms. The molecule has 0 unspecified atom stereocenters. The van der Waals surface area contributed by atoms with Gasteiger partial charge in [0.05, 0.1) is 5.41 Å². The van der Waals surface area contributed by atoms with Gasteiger partial charge < -0.3 is 4.90 Å². The highest BCUT2D eigenvalue weighted by Gasteiger charge is 2.46. The average molecular weight is 714 g/mol. The topological polar surface area (TPSA) is 3.24 Å². The molecule has 9 aromatic carbocycles. The lowest BCUT2D eigenvalue weighted by atomic mass is 9.67. The van der Waals surface area contributed by atoms with Crippen molar-refractivity contribution in [1.29, 1.82) is 0 Å². The van der Waals surface area contributed by atoms with Gasteiger partial charge in [-0.05, 0) is 109 Å². The van der Waals surface area contributed by atoms with E-state index in [9.17, 15) is 0 Å². The van der Waals surface area contributed by atoms with Crippen LogP contribution in [0.4, 0.5) is 17.1 Å². The smallest absolute Gasteiger partial charge is 0.0714 e. The highest BCUT2D eigenvalue weighted by atomic mass is 15.1. The van der Waals surface area contributed by atoms with Gasteiger partial charge in [0.15, 0.2) is 0 Å². The second-order valence-electron chi connectivity index (χ2n) is 14.5. The Kier molecular flexibility index (Phi) is 8.46. The first-order chi connectivity index (χ1) is 27.8. The Labute approximate surface area is 329 Å². The summed E-state index contributed by atoms with van der Waals surface area (Å²) in [6.07, 6.45) is 0. The molecule has 1 heteroatoms. The normalized spacial score (nSPS) is 12.4. The fraction of sp³-hybridized carbons (Fsp3) is 0.0182. The number of hydrogen-bond donors (Lipinski definition) is 0. The lowest BCUT2D eigenvalue weighted by Gasteiger charge is -2.35. The van der Waals surface area contributed by atoms with Crippen molar-refractivity contribution in [2.45, 2.75) is 5.41 Å². The summed E-state index contributed by atoms with van der Waals surface area (Å²) in [5.41, 5.74) is 17.5. The number of fused-ring (bicyclic) bond motifs is 3. The summed E-state index contributed by atoms with van der Waals surface area (Å²) in [6, 6.07) is 86.3. The first kappa shape index (κ1) is 33.4. The first-order valence-corrected chi connectivity index (χ1v) is 19.3. The summed E-state index contributed by atoms with van der Waals surface area (Å²) in [6.45, 7) is 0. The molecule has 1 aliphatic rings. The molecule has 0 amide bonds. The van der Waals surface area contributed by atoms with Crippen molar-refractivity contribution in [2.75, 3.05) is 4.90 Å². The molecule has 0 saturated heterocycles. The lowest BCUT2D eigenvalue weighted by molar-refractivity contribution is 0.768. The zero-order valence-corrected chi connectivity index (χ0v) is 31.0. The van der Waals surface area contributed by atoms with Crippen molar-refractivity contribution in [3.63, 3.8) is 0 Å². The lowest BCUT2D eigenvalue weighted by Crippen LogP contribution is -2.28. The standard InChI is InChI=1S/C55H39N/c1-5-19-40(20-6-1)43-25-17-29-48(36-43)56(50-37-44(41-21-7-2-8-22-41)35-45(38-50)42-23-9-3-10-24-42)49-30-18-28-47(39-49)55(46-26-11-4-12-27-46)53-33-15-13-31-51(53)52-32-14-16-34-54(52)55/h1-39H. The maximum absolute atomic E-state index is 2.44. The van der Waals surface area contributed by atoms with Crippen LogP contribution in [-0.4, -0.2) is 0 Å². The van der Waals surface area contributed by atoms with Crippen molar-refractivity contribution >= 4 is 17.1 Å². The third-order valence-electron chi connectivity index (χ3n) is 11.3. The Morgan fingerprint density at radius 1 is 0.250 bits per heavy atom. The van der Waals surface area contributed by atoms with E-state index in [4.69, 9.17) is 0 Å². The van der Waals surface area contributed by atoms with Gasteiger partial charge in [-0.3, -0.25) is 0 Å². The van der Waals surface area contributed by atoms with E-state index in [-0.39, 0.29) is 0 Å². The van der Waals surface area contributed by atoms with Gasteiger partial charge in [-0.25, -0.2) is 0 Å². The molecule has 0 aliphatic heterocycles. The van der Waals surface area contributed by atoms with Crippen LogP contribution in [-0.2, 0) is 5.41 Å². The molecular weight excluding hydrogens is 675 g/mol. The molecule has 0 fully saturated rings. The highest BCUT2D eigenvalue weighted by molar-refractivity contribution is 5.89. The Morgan fingerprint density at radius 3 is 1.20 bits per heavy atom. The third-order valence-corrected chi connectivity index (χ3v) is 11.3. The fourth-order valence-electron chi connectivity index (χ4n) is 8.83. The Hall–Kier alpha value is -7.22. The van der Waals surface area contributed by atoms with Gasteiger partial charge in [0.25, 0.3) is 0 Å². The monoisotopic (exact) mass is 713 g/mol. The first-order valence-electron chi connectivity index (χ1n) is 19.3. The van der Waals surface area contributed by atoms with E-state index in [2.05, 4.69) is 241 Å². The van der Waals surface area contributed by atoms with E-state index in [1.54, 1.807) is 0 Å². The Morgan fingerprint density at radius 2 is 0.643 bits per heavy atom. The van der Waals surface area contributed by atoms with Crippen molar-refractivity contribution in [3.8, 4) is 44.5 Å². The molecule has 0 aromatic heterocycles. The van der Waals surface area contributed by atoms with E-state index < -0.39 is 5.41 Å². The molecule has 0 atom stereocenters. The van der Waals surface area contributed by atoms with Crippen LogP contribution in [0.15, 0.2) is 237 Å². The van der Waals surface area contributed by atoms with Crippen LogP contribution >= 0.6 is 0 Å². The van der Waals surface area contributed by atoms with Crippen LogP contribution in [0, 0.1) is 0 Å². The zero-order valence-electron chi connectivity index (χ0n) is 31.0. The van der Waals surface area contributed by atoms with E-state index in [0.29, 0.717) is 0 Å². The van der Waals surface area contributed by atoms with E-state index in [0.717, 1.165) is 17.1 Å². The molecule has 0 heterocycles. The number of benzene rings is 9. The van der Waals surface area contributed by atoms with Crippen molar-refractivity contribution in [1.82, 2.24) is 0 Å². The minimum absolute atomic E-state index is 0.511. The van der Waals surface area contributed by atoms with Gasteiger partial charge in [-0.15, -0.1) is 0 Å². The summed E-state index contributed by atoms with van der Waals surface area (Å²) in [5.74, 6) is 0. The van der Waals surface area contributed by atoms with Crippen LogP contribution in [0.2, 0.25) is 0 Å². The van der Waals surface area contributed by atoms with E-state index in [1.165, 1.54) is 66.8 Å². The molecule has 0 spiro atoms. The summed E-state index contributed by atoms with van der Waals surface area (Å²) in [5, 5.41) is 0. The Balaban J connectivity index is 1.25. The third kappa shape index (κ3) is 5.73. The number of anilines is 3. The highest BCUT2D eigenvalue weighted by Crippen LogP contribution is 2.56. The average Bonchev–Trinajstić information content (AvgIpc) is 3.59.